The van der Waals surface area contributed by atoms with Crippen molar-refractivity contribution in [3.05, 3.63) is 59.7 Å². The zero-order chi connectivity index (χ0) is 24.5. The smallest absolute Gasteiger partial charge is 0.419 e. The first-order valence-electron chi connectivity index (χ1n) is 10.9. The molecule has 0 radical (unpaired) electrons. The standard InChI is InChI=1S/C24H23F3N2O5/c25-24(26,27)20(22(31)32)29-21(30)17-10-5-11-19(17)28-23(33)34-12-18-15-8-3-1-6-13(15)14-7-2-4-9-16(14)18/h1-4,6-9,17-20H,5,10-12H2,(H,28,33)(H,29,30)(H,31,32)/t17-,19+,20?/m0/s1. The Labute approximate surface area is 193 Å². The minimum atomic E-state index is -5.13. The molecule has 2 aromatic carbocycles. The van der Waals surface area contributed by atoms with Gasteiger partial charge in [0.15, 0.2) is 0 Å². The summed E-state index contributed by atoms with van der Waals surface area (Å²) in [7, 11) is 0. The Morgan fingerprint density at radius 3 is 2.15 bits per heavy atom. The monoisotopic (exact) mass is 476 g/mol. The number of alkyl halides is 3. The van der Waals surface area contributed by atoms with Crippen molar-refractivity contribution in [3.63, 3.8) is 0 Å². The number of carboxylic acid groups (broad SMARTS) is 1. The molecule has 3 atom stereocenters. The predicted molar refractivity (Wildman–Crippen MR) is 115 cm³/mol. The van der Waals surface area contributed by atoms with E-state index in [1.807, 2.05) is 48.5 Å². The highest BCUT2D eigenvalue weighted by atomic mass is 19.4. The Kier molecular flexibility index (Phi) is 6.49. The number of halogens is 3. The molecule has 0 aliphatic heterocycles. The molecule has 4 rings (SSSR count). The minimum Gasteiger partial charge on any atom is -0.479 e. The molecule has 0 heterocycles. The van der Waals surface area contributed by atoms with Gasteiger partial charge in [-0.15, -0.1) is 0 Å². The van der Waals surface area contributed by atoms with Gasteiger partial charge in [-0.1, -0.05) is 55.0 Å². The van der Waals surface area contributed by atoms with E-state index in [4.69, 9.17) is 9.84 Å². The van der Waals surface area contributed by atoms with Gasteiger partial charge in [0.1, 0.15) is 6.61 Å². The van der Waals surface area contributed by atoms with E-state index in [2.05, 4.69) is 5.32 Å². The summed E-state index contributed by atoms with van der Waals surface area (Å²) >= 11 is 0. The van der Waals surface area contributed by atoms with Gasteiger partial charge in [-0.05, 0) is 35.1 Å². The molecule has 1 unspecified atom stereocenters. The number of carbonyl (C=O) groups is 3. The van der Waals surface area contributed by atoms with E-state index in [0.29, 0.717) is 12.8 Å². The van der Waals surface area contributed by atoms with Crippen LogP contribution in [0.25, 0.3) is 11.1 Å². The summed E-state index contributed by atoms with van der Waals surface area (Å²) < 4.78 is 44.1. The fourth-order valence-corrected chi connectivity index (χ4v) is 4.77. The van der Waals surface area contributed by atoms with E-state index >= 15 is 0 Å². The SMILES string of the molecule is O=C(N[C@@H]1CCC[C@@H]1C(=O)NC(C(=O)O)C(F)(F)F)OCC1c2ccccc2-c2ccccc21. The number of hydrogen-bond donors (Lipinski definition) is 3. The maximum absolute atomic E-state index is 12.9. The van der Waals surface area contributed by atoms with E-state index in [1.165, 1.54) is 0 Å². The lowest BCUT2D eigenvalue weighted by Crippen LogP contribution is -2.54. The number of amides is 2. The molecule has 180 valence electrons. The maximum Gasteiger partial charge on any atom is 0.419 e. The van der Waals surface area contributed by atoms with Crippen LogP contribution in [0, 0.1) is 5.92 Å². The van der Waals surface area contributed by atoms with Gasteiger partial charge in [0.25, 0.3) is 0 Å². The fourth-order valence-electron chi connectivity index (χ4n) is 4.77. The van der Waals surface area contributed by atoms with Gasteiger partial charge >= 0.3 is 18.2 Å². The van der Waals surface area contributed by atoms with E-state index in [1.54, 1.807) is 5.32 Å². The van der Waals surface area contributed by atoms with Crippen LogP contribution in [0.4, 0.5) is 18.0 Å². The number of rotatable bonds is 6. The Balaban J connectivity index is 1.38. The van der Waals surface area contributed by atoms with Crippen LogP contribution < -0.4 is 10.6 Å². The van der Waals surface area contributed by atoms with Gasteiger partial charge in [-0.2, -0.15) is 13.2 Å². The quantitative estimate of drug-likeness (QED) is 0.588. The summed E-state index contributed by atoms with van der Waals surface area (Å²) in [5.74, 6) is -4.40. The van der Waals surface area contributed by atoms with Crippen molar-refractivity contribution in [3.8, 4) is 11.1 Å². The van der Waals surface area contributed by atoms with Crippen molar-refractivity contribution in [2.45, 2.75) is 43.4 Å². The first-order valence-corrected chi connectivity index (χ1v) is 10.9. The molecule has 1 fully saturated rings. The molecule has 0 saturated heterocycles. The number of fused-ring (bicyclic) bond motifs is 3. The number of benzene rings is 2. The van der Waals surface area contributed by atoms with Crippen LogP contribution in [-0.2, 0) is 14.3 Å². The minimum absolute atomic E-state index is 0.0542. The highest BCUT2D eigenvalue weighted by Crippen LogP contribution is 2.44. The van der Waals surface area contributed by atoms with E-state index in [0.717, 1.165) is 22.3 Å². The summed E-state index contributed by atoms with van der Waals surface area (Å²) in [5, 5.41) is 12.9. The maximum atomic E-state index is 12.9. The molecule has 7 nitrogen and oxygen atoms in total. The lowest BCUT2D eigenvalue weighted by atomic mass is 9.98. The number of ether oxygens (including phenoxy) is 1. The van der Waals surface area contributed by atoms with Crippen molar-refractivity contribution in [1.29, 1.82) is 0 Å². The van der Waals surface area contributed by atoms with Gasteiger partial charge in [0.05, 0.1) is 5.92 Å². The summed E-state index contributed by atoms with van der Waals surface area (Å²) in [5.41, 5.74) is 4.19. The van der Waals surface area contributed by atoms with Gasteiger partial charge in [-0.25, -0.2) is 9.59 Å². The second-order valence-corrected chi connectivity index (χ2v) is 8.44. The average molecular weight is 476 g/mol. The largest absolute Gasteiger partial charge is 0.479 e. The van der Waals surface area contributed by atoms with Crippen molar-refractivity contribution in [2.75, 3.05) is 6.61 Å². The summed E-state index contributed by atoms with van der Waals surface area (Å²) in [6, 6.07) is 11.9. The summed E-state index contributed by atoms with van der Waals surface area (Å²) in [6.45, 7) is 0.0542. The van der Waals surface area contributed by atoms with E-state index < -0.39 is 42.1 Å². The van der Waals surface area contributed by atoms with Crippen LogP contribution in [0.3, 0.4) is 0 Å². The van der Waals surface area contributed by atoms with Crippen LogP contribution in [-0.4, -0.2) is 47.9 Å². The van der Waals surface area contributed by atoms with Crippen LogP contribution in [0.1, 0.15) is 36.3 Å². The summed E-state index contributed by atoms with van der Waals surface area (Å²) in [4.78, 5) is 35.8. The van der Waals surface area contributed by atoms with E-state index in [-0.39, 0.29) is 18.9 Å². The number of carbonyl (C=O) groups excluding carboxylic acids is 2. The van der Waals surface area contributed by atoms with Crippen LogP contribution >= 0.6 is 0 Å². The lowest BCUT2D eigenvalue weighted by Gasteiger charge is -2.24. The van der Waals surface area contributed by atoms with Crippen molar-refractivity contribution in [1.82, 2.24) is 10.6 Å². The first kappa shape index (κ1) is 23.6. The molecular weight excluding hydrogens is 453 g/mol. The third-order valence-corrected chi connectivity index (χ3v) is 6.36. The van der Waals surface area contributed by atoms with Gasteiger partial charge in [-0.3, -0.25) is 4.79 Å². The number of alkyl carbamates (subject to hydrolysis) is 1. The number of hydrogen-bond acceptors (Lipinski definition) is 4. The molecule has 0 bridgehead atoms. The molecule has 1 saturated carbocycles. The molecule has 34 heavy (non-hydrogen) atoms. The number of carboxylic acids is 1. The zero-order valence-electron chi connectivity index (χ0n) is 18.0. The molecule has 10 heteroatoms. The molecule has 0 spiro atoms. The topological polar surface area (TPSA) is 105 Å². The first-order chi connectivity index (χ1) is 16.2. The predicted octanol–water partition coefficient (Wildman–Crippen LogP) is 3.83. The molecule has 2 aliphatic carbocycles. The molecule has 2 aromatic rings. The highest BCUT2D eigenvalue weighted by molar-refractivity contribution is 5.86. The van der Waals surface area contributed by atoms with E-state index in [9.17, 15) is 27.6 Å². The number of aliphatic carboxylic acids is 1. The van der Waals surface area contributed by atoms with Crippen molar-refractivity contribution >= 4 is 18.0 Å². The third kappa shape index (κ3) is 4.71. The molecule has 3 N–H and O–H groups in total. The third-order valence-electron chi connectivity index (χ3n) is 6.36. The Morgan fingerprint density at radius 1 is 1.00 bits per heavy atom. The van der Waals surface area contributed by atoms with Crippen LogP contribution in [0.2, 0.25) is 0 Å². The molecule has 2 aliphatic rings. The molecular formula is C24H23F3N2O5. The average Bonchev–Trinajstić information content (AvgIpc) is 3.37. The second-order valence-electron chi connectivity index (χ2n) is 8.44. The second kappa shape index (κ2) is 9.36. The summed E-state index contributed by atoms with van der Waals surface area (Å²) in [6.07, 6.45) is -4.82. The highest BCUT2D eigenvalue weighted by Gasteiger charge is 2.48. The van der Waals surface area contributed by atoms with Crippen LogP contribution in [0.15, 0.2) is 48.5 Å². The molecule has 2 amide bonds. The van der Waals surface area contributed by atoms with Gasteiger partial charge in [0.2, 0.25) is 11.9 Å². The Hall–Kier alpha value is -3.56. The zero-order valence-corrected chi connectivity index (χ0v) is 18.0. The fraction of sp³-hybridized carbons (Fsp3) is 0.375. The Morgan fingerprint density at radius 2 is 1.59 bits per heavy atom. The van der Waals surface area contributed by atoms with Gasteiger partial charge in [0, 0.05) is 12.0 Å². The number of nitrogens with one attached hydrogen (secondary N) is 2. The Bertz CT molecular complexity index is 1060. The molecule has 0 aromatic heterocycles. The lowest BCUT2D eigenvalue weighted by molar-refractivity contribution is -0.182. The van der Waals surface area contributed by atoms with Crippen molar-refractivity contribution in [2.24, 2.45) is 5.92 Å². The van der Waals surface area contributed by atoms with Crippen molar-refractivity contribution < 1.29 is 37.4 Å². The normalized spacial score (nSPS) is 20.2. The van der Waals surface area contributed by atoms with Gasteiger partial charge < -0.3 is 20.5 Å². The van der Waals surface area contributed by atoms with Crippen LogP contribution in [0.5, 0.6) is 0 Å².